The van der Waals surface area contributed by atoms with E-state index in [9.17, 15) is 0 Å². The first kappa shape index (κ1) is 10.3. The van der Waals surface area contributed by atoms with Gasteiger partial charge in [0.25, 0.3) is 0 Å². The van der Waals surface area contributed by atoms with E-state index < -0.39 is 0 Å². The van der Waals surface area contributed by atoms with Crippen molar-refractivity contribution in [1.29, 1.82) is 0 Å². The van der Waals surface area contributed by atoms with E-state index in [1.807, 2.05) is 6.92 Å². The van der Waals surface area contributed by atoms with Crippen molar-refractivity contribution in [2.24, 2.45) is 0 Å². The van der Waals surface area contributed by atoms with Crippen molar-refractivity contribution in [1.82, 2.24) is 4.98 Å². The first-order valence-corrected chi connectivity index (χ1v) is 4.88. The minimum absolute atomic E-state index is 0.205. The molecule has 2 nitrogen and oxygen atoms in total. The highest BCUT2D eigenvalue weighted by molar-refractivity contribution is 6.30. The van der Waals surface area contributed by atoms with Gasteiger partial charge in [-0.1, -0.05) is 24.9 Å². The van der Waals surface area contributed by atoms with Crippen molar-refractivity contribution in [2.75, 3.05) is 0 Å². The van der Waals surface area contributed by atoms with Gasteiger partial charge in [-0.15, -0.1) is 0 Å². The molecule has 0 bridgehead atoms. The van der Waals surface area contributed by atoms with Gasteiger partial charge in [0.15, 0.2) is 0 Å². The second-order valence-electron chi connectivity index (χ2n) is 3.03. The number of hydrogen-bond donors (Lipinski definition) is 0. The average Bonchev–Trinajstić information content (AvgIpc) is 2.04. The van der Waals surface area contributed by atoms with E-state index in [1.54, 1.807) is 18.3 Å². The third-order valence-electron chi connectivity index (χ3n) is 1.71. The number of halogens is 1. The molecule has 3 heteroatoms. The molecular weight excluding hydrogens is 186 g/mol. The maximum atomic E-state index is 5.79. The summed E-state index contributed by atoms with van der Waals surface area (Å²) >= 11 is 5.79. The van der Waals surface area contributed by atoms with Crippen molar-refractivity contribution < 1.29 is 4.74 Å². The number of pyridine rings is 1. The molecule has 0 saturated carbocycles. The fraction of sp³-hybridized carbons (Fsp3) is 0.500. The van der Waals surface area contributed by atoms with Crippen LogP contribution in [0.25, 0.3) is 0 Å². The Morgan fingerprint density at radius 1 is 1.62 bits per heavy atom. The molecule has 0 fully saturated rings. The van der Waals surface area contributed by atoms with Crippen LogP contribution < -0.4 is 4.74 Å². The lowest BCUT2D eigenvalue weighted by Crippen LogP contribution is -2.11. The Labute approximate surface area is 83.9 Å². The molecule has 13 heavy (non-hydrogen) atoms. The van der Waals surface area contributed by atoms with Crippen LogP contribution in [0.4, 0.5) is 0 Å². The number of hydrogen-bond acceptors (Lipinski definition) is 2. The molecule has 0 radical (unpaired) electrons. The van der Waals surface area contributed by atoms with E-state index in [0.29, 0.717) is 10.9 Å². The number of ether oxygens (including phenoxy) is 1. The summed E-state index contributed by atoms with van der Waals surface area (Å²) < 4.78 is 5.54. The zero-order valence-corrected chi connectivity index (χ0v) is 8.71. The van der Waals surface area contributed by atoms with Crippen molar-refractivity contribution in [3.63, 3.8) is 0 Å². The van der Waals surface area contributed by atoms with E-state index in [2.05, 4.69) is 11.9 Å². The molecule has 72 valence electrons. The summed E-state index contributed by atoms with van der Waals surface area (Å²) in [6.07, 6.45) is 4.00. The van der Waals surface area contributed by atoms with Crippen molar-refractivity contribution in [3.05, 3.63) is 23.4 Å². The second-order valence-corrected chi connectivity index (χ2v) is 3.47. The van der Waals surface area contributed by atoms with Gasteiger partial charge in [0, 0.05) is 17.3 Å². The standard InChI is InChI=1S/C10H14ClNO/c1-3-4-8(2)13-10-7-9(11)5-6-12-10/h5-8H,3-4H2,1-2H3/t8-/m1/s1. The lowest BCUT2D eigenvalue weighted by molar-refractivity contribution is 0.201. The Balaban J connectivity index is 2.53. The lowest BCUT2D eigenvalue weighted by atomic mass is 10.2. The van der Waals surface area contributed by atoms with Crippen LogP contribution in [-0.2, 0) is 0 Å². The van der Waals surface area contributed by atoms with Crippen LogP contribution in [0.3, 0.4) is 0 Å². The monoisotopic (exact) mass is 199 g/mol. The summed E-state index contributed by atoms with van der Waals surface area (Å²) in [5, 5.41) is 0.661. The predicted molar refractivity (Wildman–Crippen MR) is 54.2 cm³/mol. The van der Waals surface area contributed by atoms with Crippen LogP contribution in [0.1, 0.15) is 26.7 Å². The summed E-state index contributed by atoms with van der Waals surface area (Å²) in [7, 11) is 0. The summed E-state index contributed by atoms with van der Waals surface area (Å²) in [5.74, 6) is 0.605. The highest BCUT2D eigenvalue weighted by Gasteiger charge is 2.03. The van der Waals surface area contributed by atoms with Crippen molar-refractivity contribution in [2.45, 2.75) is 32.8 Å². The minimum Gasteiger partial charge on any atom is -0.475 e. The first-order chi connectivity index (χ1) is 6.22. The zero-order chi connectivity index (χ0) is 9.68. The molecule has 0 aromatic carbocycles. The molecule has 1 heterocycles. The molecule has 0 spiro atoms. The molecule has 1 rings (SSSR count). The maximum Gasteiger partial charge on any atom is 0.214 e. The lowest BCUT2D eigenvalue weighted by Gasteiger charge is -2.12. The van der Waals surface area contributed by atoms with Crippen LogP contribution >= 0.6 is 11.6 Å². The van der Waals surface area contributed by atoms with Crippen LogP contribution in [0.5, 0.6) is 5.88 Å². The van der Waals surface area contributed by atoms with Gasteiger partial charge in [-0.2, -0.15) is 0 Å². The van der Waals surface area contributed by atoms with E-state index in [4.69, 9.17) is 16.3 Å². The van der Waals surface area contributed by atoms with Crippen LogP contribution in [0.15, 0.2) is 18.3 Å². The Kier molecular flexibility index (Phi) is 4.03. The molecule has 0 amide bonds. The third-order valence-corrected chi connectivity index (χ3v) is 1.95. The molecule has 0 aliphatic carbocycles. The molecule has 0 saturated heterocycles. The van der Waals surface area contributed by atoms with Gasteiger partial charge in [-0.05, 0) is 19.4 Å². The summed E-state index contributed by atoms with van der Waals surface area (Å²) in [6.45, 7) is 4.16. The number of aromatic nitrogens is 1. The SMILES string of the molecule is CCC[C@@H](C)Oc1cc(Cl)ccn1. The number of rotatable bonds is 4. The van der Waals surface area contributed by atoms with Crippen molar-refractivity contribution >= 4 is 11.6 Å². The largest absolute Gasteiger partial charge is 0.475 e. The van der Waals surface area contributed by atoms with Crippen LogP contribution in [0.2, 0.25) is 5.02 Å². The maximum absolute atomic E-state index is 5.79. The fourth-order valence-corrected chi connectivity index (χ4v) is 1.27. The highest BCUT2D eigenvalue weighted by atomic mass is 35.5. The first-order valence-electron chi connectivity index (χ1n) is 4.50. The normalized spacial score (nSPS) is 12.5. The van der Waals surface area contributed by atoms with E-state index in [0.717, 1.165) is 12.8 Å². The van der Waals surface area contributed by atoms with E-state index >= 15 is 0 Å². The van der Waals surface area contributed by atoms with Gasteiger partial charge in [0.05, 0.1) is 6.10 Å². The van der Waals surface area contributed by atoms with Gasteiger partial charge >= 0.3 is 0 Å². The molecule has 0 aliphatic heterocycles. The number of nitrogens with zero attached hydrogens (tertiary/aromatic N) is 1. The summed E-state index contributed by atoms with van der Waals surface area (Å²) in [5.41, 5.74) is 0. The van der Waals surface area contributed by atoms with Crippen LogP contribution in [-0.4, -0.2) is 11.1 Å². The quantitative estimate of drug-likeness (QED) is 0.743. The summed E-state index contributed by atoms with van der Waals surface area (Å²) in [6, 6.07) is 3.46. The second kappa shape index (κ2) is 5.07. The molecule has 1 aromatic rings. The molecule has 1 aromatic heterocycles. The van der Waals surface area contributed by atoms with E-state index in [1.165, 1.54) is 0 Å². The Morgan fingerprint density at radius 2 is 2.38 bits per heavy atom. The Bertz CT molecular complexity index is 265. The third kappa shape index (κ3) is 3.64. The van der Waals surface area contributed by atoms with Crippen LogP contribution in [0, 0.1) is 0 Å². The topological polar surface area (TPSA) is 22.1 Å². The molecule has 1 atom stereocenters. The molecule has 0 unspecified atom stereocenters. The average molecular weight is 200 g/mol. The Morgan fingerprint density at radius 3 is 3.00 bits per heavy atom. The smallest absolute Gasteiger partial charge is 0.214 e. The van der Waals surface area contributed by atoms with E-state index in [-0.39, 0.29) is 6.10 Å². The van der Waals surface area contributed by atoms with Gasteiger partial charge in [-0.25, -0.2) is 4.98 Å². The fourth-order valence-electron chi connectivity index (χ4n) is 1.12. The van der Waals surface area contributed by atoms with Gasteiger partial charge < -0.3 is 4.74 Å². The minimum atomic E-state index is 0.205. The molecule has 0 N–H and O–H groups in total. The van der Waals surface area contributed by atoms with Crippen molar-refractivity contribution in [3.8, 4) is 5.88 Å². The molecular formula is C10H14ClNO. The van der Waals surface area contributed by atoms with Gasteiger partial charge in [0.1, 0.15) is 0 Å². The van der Waals surface area contributed by atoms with Gasteiger partial charge in [0.2, 0.25) is 5.88 Å². The zero-order valence-electron chi connectivity index (χ0n) is 7.96. The summed E-state index contributed by atoms with van der Waals surface area (Å²) in [4.78, 5) is 4.06. The molecule has 0 aliphatic rings. The highest BCUT2D eigenvalue weighted by Crippen LogP contribution is 2.16. The predicted octanol–water partition coefficient (Wildman–Crippen LogP) is 3.30. The van der Waals surface area contributed by atoms with Gasteiger partial charge in [-0.3, -0.25) is 0 Å². The Hall–Kier alpha value is -0.760.